The lowest BCUT2D eigenvalue weighted by atomic mass is 10.2. The number of amidine groups is 1. The molecule has 0 saturated heterocycles. The van der Waals surface area contributed by atoms with Gasteiger partial charge in [-0.25, -0.2) is 0 Å². The molecule has 0 radical (unpaired) electrons. The molecule has 0 fully saturated rings. The smallest absolute Gasteiger partial charge is 0.152 e. The van der Waals surface area contributed by atoms with E-state index in [1.165, 1.54) is 0 Å². The van der Waals surface area contributed by atoms with E-state index in [9.17, 15) is 0 Å². The average molecular weight is 227 g/mol. The summed E-state index contributed by atoms with van der Waals surface area (Å²) in [6.07, 6.45) is 1.75. The second-order valence-corrected chi connectivity index (χ2v) is 4.08. The van der Waals surface area contributed by atoms with E-state index in [-0.39, 0.29) is 0 Å². The van der Waals surface area contributed by atoms with Crippen LogP contribution in [0, 0.1) is 5.41 Å². The molecule has 1 aromatic carbocycles. The van der Waals surface area contributed by atoms with E-state index in [1.54, 1.807) is 6.33 Å². The van der Waals surface area contributed by atoms with Crippen LogP contribution in [0.15, 0.2) is 36.7 Å². The van der Waals surface area contributed by atoms with E-state index in [0.717, 1.165) is 24.5 Å². The van der Waals surface area contributed by atoms with Crippen LogP contribution in [0.2, 0.25) is 0 Å². The summed E-state index contributed by atoms with van der Waals surface area (Å²) < 4.78 is 2.04. The molecule has 3 rings (SSSR count). The molecule has 0 aliphatic carbocycles. The summed E-state index contributed by atoms with van der Waals surface area (Å²) in [7, 11) is 0. The second kappa shape index (κ2) is 4.01. The van der Waals surface area contributed by atoms with Crippen LogP contribution < -0.4 is 0 Å². The highest BCUT2D eigenvalue weighted by atomic mass is 15.3. The van der Waals surface area contributed by atoms with Crippen molar-refractivity contribution in [2.75, 3.05) is 6.54 Å². The van der Waals surface area contributed by atoms with Crippen molar-refractivity contribution in [2.24, 2.45) is 0 Å². The zero-order valence-corrected chi connectivity index (χ0v) is 9.37. The van der Waals surface area contributed by atoms with Gasteiger partial charge in [-0.2, -0.15) is 0 Å². The minimum atomic E-state index is 0.555. The molecule has 5 nitrogen and oxygen atoms in total. The normalized spacial score (nSPS) is 14.5. The topological polar surface area (TPSA) is 57.8 Å². The van der Waals surface area contributed by atoms with E-state index in [0.29, 0.717) is 12.4 Å². The number of fused-ring (bicyclic) bond motifs is 1. The maximum Gasteiger partial charge on any atom is 0.152 e. The quantitative estimate of drug-likeness (QED) is 0.586. The first-order valence-corrected chi connectivity index (χ1v) is 5.60. The lowest BCUT2D eigenvalue weighted by Gasteiger charge is -2.29. The summed E-state index contributed by atoms with van der Waals surface area (Å²) in [5.74, 6) is 1.48. The molecule has 1 aliphatic heterocycles. The molecule has 5 heteroatoms. The van der Waals surface area contributed by atoms with Crippen molar-refractivity contribution in [2.45, 2.75) is 13.1 Å². The Morgan fingerprint density at radius 1 is 1.18 bits per heavy atom. The highest BCUT2D eigenvalue weighted by Gasteiger charge is 2.20. The molecule has 2 aromatic rings. The van der Waals surface area contributed by atoms with Gasteiger partial charge in [0.05, 0.1) is 6.54 Å². The number of benzene rings is 1. The number of rotatable bonds is 1. The molecular weight excluding hydrogens is 214 g/mol. The summed E-state index contributed by atoms with van der Waals surface area (Å²) in [4.78, 5) is 2.03. The summed E-state index contributed by atoms with van der Waals surface area (Å²) in [5, 5.41) is 16.1. The zero-order valence-electron chi connectivity index (χ0n) is 9.37. The first-order valence-electron chi connectivity index (χ1n) is 5.60. The number of aromatic nitrogens is 3. The fraction of sp³-hybridized carbons (Fsp3) is 0.250. The Morgan fingerprint density at radius 2 is 2.00 bits per heavy atom. The number of hydrogen-bond donors (Lipinski definition) is 1. The van der Waals surface area contributed by atoms with Gasteiger partial charge in [-0.05, 0) is 0 Å². The molecule has 0 atom stereocenters. The molecule has 0 spiro atoms. The van der Waals surface area contributed by atoms with Crippen molar-refractivity contribution in [1.29, 1.82) is 5.41 Å². The number of nitrogens with one attached hydrogen (secondary N) is 1. The highest BCUT2D eigenvalue weighted by molar-refractivity contribution is 5.96. The van der Waals surface area contributed by atoms with Crippen molar-refractivity contribution >= 4 is 5.84 Å². The van der Waals surface area contributed by atoms with Gasteiger partial charge in [0.25, 0.3) is 0 Å². The molecule has 1 aromatic heterocycles. The standard InChI is InChI=1S/C12H13N5/c13-12(10-4-2-1-3-5-10)16-6-7-17-9-14-15-11(17)8-16/h1-5,9,13H,6-8H2. The SMILES string of the molecule is N=C(c1ccccc1)N1CCn2cnnc2C1. The Morgan fingerprint density at radius 3 is 2.82 bits per heavy atom. The Labute approximate surface area is 99.2 Å². The van der Waals surface area contributed by atoms with E-state index in [2.05, 4.69) is 10.2 Å². The summed E-state index contributed by atoms with van der Waals surface area (Å²) in [6, 6.07) is 9.79. The average Bonchev–Trinajstić information content (AvgIpc) is 2.86. The van der Waals surface area contributed by atoms with Crippen molar-refractivity contribution in [1.82, 2.24) is 19.7 Å². The molecule has 1 aliphatic rings. The van der Waals surface area contributed by atoms with Gasteiger partial charge in [0.1, 0.15) is 12.2 Å². The third kappa shape index (κ3) is 1.80. The van der Waals surface area contributed by atoms with Crippen LogP contribution in [0.5, 0.6) is 0 Å². The lowest BCUT2D eigenvalue weighted by molar-refractivity contribution is 0.328. The Kier molecular flexibility index (Phi) is 2.36. The van der Waals surface area contributed by atoms with E-state index < -0.39 is 0 Å². The third-order valence-electron chi connectivity index (χ3n) is 3.00. The van der Waals surface area contributed by atoms with Gasteiger partial charge < -0.3 is 9.47 Å². The first kappa shape index (κ1) is 10.0. The Bertz CT molecular complexity index is 531. The van der Waals surface area contributed by atoms with Crippen LogP contribution in [-0.4, -0.2) is 32.0 Å². The number of nitrogens with zero attached hydrogens (tertiary/aromatic N) is 4. The Hall–Kier alpha value is -2.17. The van der Waals surface area contributed by atoms with Crippen LogP contribution in [0.25, 0.3) is 0 Å². The zero-order chi connectivity index (χ0) is 11.7. The molecule has 1 N–H and O–H groups in total. The predicted molar refractivity (Wildman–Crippen MR) is 63.7 cm³/mol. The van der Waals surface area contributed by atoms with Crippen molar-refractivity contribution in [3.05, 3.63) is 48.0 Å². The van der Waals surface area contributed by atoms with Crippen LogP contribution in [-0.2, 0) is 13.1 Å². The molecule has 2 heterocycles. The molecule has 17 heavy (non-hydrogen) atoms. The number of hydrogen-bond acceptors (Lipinski definition) is 3. The predicted octanol–water partition coefficient (Wildman–Crippen LogP) is 1.12. The monoisotopic (exact) mass is 227 g/mol. The van der Waals surface area contributed by atoms with Crippen molar-refractivity contribution in [3.63, 3.8) is 0 Å². The molecule has 0 bridgehead atoms. The second-order valence-electron chi connectivity index (χ2n) is 4.08. The summed E-state index contributed by atoms with van der Waals surface area (Å²) in [5.41, 5.74) is 0.945. The summed E-state index contributed by atoms with van der Waals surface area (Å²) in [6.45, 7) is 2.34. The van der Waals surface area contributed by atoms with Crippen LogP contribution >= 0.6 is 0 Å². The lowest BCUT2D eigenvalue weighted by Crippen LogP contribution is -2.38. The Balaban J connectivity index is 1.81. The highest BCUT2D eigenvalue weighted by Crippen LogP contribution is 2.12. The van der Waals surface area contributed by atoms with Gasteiger partial charge >= 0.3 is 0 Å². The molecule has 86 valence electrons. The van der Waals surface area contributed by atoms with Gasteiger partial charge in [0.15, 0.2) is 5.82 Å². The molecule has 0 amide bonds. The van der Waals surface area contributed by atoms with Crippen molar-refractivity contribution in [3.8, 4) is 0 Å². The fourth-order valence-electron chi connectivity index (χ4n) is 2.04. The van der Waals surface area contributed by atoms with Gasteiger partial charge in [-0.3, -0.25) is 5.41 Å². The van der Waals surface area contributed by atoms with Crippen LogP contribution in [0.4, 0.5) is 0 Å². The van der Waals surface area contributed by atoms with Crippen LogP contribution in [0.3, 0.4) is 0 Å². The maximum absolute atomic E-state index is 8.19. The van der Waals surface area contributed by atoms with Crippen LogP contribution in [0.1, 0.15) is 11.4 Å². The third-order valence-corrected chi connectivity index (χ3v) is 3.00. The van der Waals surface area contributed by atoms with E-state index in [1.807, 2.05) is 39.8 Å². The van der Waals surface area contributed by atoms with Gasteiger partial charge in [-0.1, -0.05) is 30.3 Å². The maximum atomic E-state index is 8.19. The molecular formula is C12H13N5. The first-order chi connectivity index (χ1) is 8.34. The van der Waals surface area contributed by atoms with Gasteiger partial charge in [0, 0.05) is 18.7 Å². The van der Waals surface area contributed by atoms with E-state index >= 15 is 0 Å². The van der Waals surface area contributed by atoms with Gasteiger partial charge in [-0.15, -0.1) is 10.2 Å². The van der Waals surface area contributed by atoms with E-state index in [4.69, 9.17) is 5.41 Å². The molecule has 0 unspecified atom stereocenters. The summed E-state index contributed by atoms with van der Waals surface area (Å²) >= 11 is 0. The fourth-order valence-corrected chi connectivity index (χ4v) is 2.04. The van der Waals surface area contributed by atoms with Crippen molar-refractivity contribution < 1.29 is 0 Å². The molecule has 0 saturated carbocycles. The van der Waals surface area contributed by atoms with Gasteiger partial charge in [0.2, 0.25) is 0 Å². The minimum absolute atomic E-state index is 0.555. The largest absolute Gasteiger partial charge is 0.347 e. The minimum Gasteiger partial charge on any atom is -0.347 e.